The zero-order valence-corrected chi connectivity index (χ0v) is 15.3. The quantitative estimate of drug-likeness (QED) is 0.454. The molecule has 0 aliphatic rings. The Morgan fingerprint density at radius 1 is 1.25 bits per heavy atom. The minimum Gasteiger partial charge on any atom is -0.484 e. The van der Waals surface area contributed by atoms with Crippen LogP contribution in [0.15, 0.2) is 52.9 Å². The predicted octanol–water partition coefficient (Wildman–Crippen LogP) is 5.12. The number of benzene rings is 2. The molecule has 28 heavy (non-hydrogen) atoms. The number of nitro benzene ring substituents is 1. The van der Waals surface area contributed by atoms with E-state index in [1.165, 1.54) is 42.5 Å². The molecule has 0 bridgehead atoms. The third-order valence-electron chi connectivity index (χ3n) is 3.75. The van der Waals surface area contributed by atoms with Crippen LogP contribution >= 0.6 is 11.6 Å². The first-order valence-corrected chi connectivity index (χ1v) is 8.44. The lowest BCUT2D eigenvalue weighted by atomic mass is 10.2. The number of nitrogens with one attached hydrogen (secondary N) is 1. The summed E-state index contributed by atoms with van der Waals surface area (Å²) in [4.78, 5) is 22.4. The van der Waals surface area contributed by atoms with Gasteiger partial charge in [0.05, 0.1) is 15.6 Å². The largest absolute Gasteiger partial charge is 0.484 e. The maximum Gasteiger partial charge on any atom is 0.291 e. The monoisotopic (exact) mass is 404 g/mol. The van der Waals surface area contributed by atoms with E-state index in [1.54, 1.807) is 13.0 Å². The molecule has 2 aromatic carbocycles. The first kappa shape index (κ1) is 19.4. The van der Waals surface area contributed by atoms with Crippen molar-refractivity contribution < 1.29 is 23.3 Å². The van der Waals surface area contributed by atoms with Gasteiger partial charge in [0.2, 0.25) is 0 Å². The summed E-state index contributed by atoms with van der Waals surface area (Å²) >= 11 is 5.95. The van der Waals surface area contributed by atoms with Crippen molar-refractivity contribution in [1.82, 2.24) is 0 Å². The zero-order chi connectivity index (χ0) is 20.3. The molecule has 7 nitrogen and oxygen atoms in total. The first-order valence-electron chi connectivity index (χ1n) is 8.06. The highest BCUT2D eigenvalue weighted by molar-refractivity contribution is 6.32. The summed E-state index contributed by atoms with van der Waals surface area (Å²) in [5.41, 5.74) is 0.694. The van der Waals surface area contributed by atoms with Crippen LogP contribution in [0.3, 0.4) is 0 Å². The average Bonchev–Trinajstić information content (AvgIpc) is 3.12. The molecule has 3 rings (SSSR count). The number of anilines is 1. The maximum atomic E-state index is 13.8. The summed E-state index contributed by atoms with van der Waals surface area (Å²) in [5.74, 6) is -0.624. The summed E-state index contributed by atoms with van der Waals surface area (Å²) < 4.78 is 24.6. The molecule has 1 N–H and O–H groups in total. The predicted molar refractivity (Wildman–Crippen MR) is 100 cm³/mol. The van der Waals surface area contributed by atoms with Crippen LogP contribution in [0.4, 0.5) is 15.8 Å². The van der Waals surface area contributed by atoms with Crippen LogP contribution in [-0.2, 0) is 6.61 Å². The standard InChI is InChI=1S/C19H14ClFN2O5/c1-11-2-5-15(21)16(8-11)22-19(24)18-7-4-13(28-18)10-27-17-6-3-12(23(25)26)9-14(17)20/h2-9H,10H2,1H3,(H,22,24). The van der Waals surface area contributed by atoms with Gasteiger partial charge in [0, 0.05) is 12.1 Å². The molecule has 0 saturated carbocycles. The number of non-ortho nitro benzene ring substituents is 1. The first-order chi connectivity index (χ1) is 13.3. The third-order valence-corrected chi connectivity index (χ3v) is 4.05. The maximum absolute atomic E-state index is 13.8. The summed E-state index contributed by atoms with van der Waals surface area (Å²) in [6.45, 7) is 1.73. The topological polar surface area (TPSA) is 94.6 Å². The molecule has 0 radical (unpaired) electrons. The highest BCUT2D eigenvalue weighted by Gasteiger charge is 2.15. The van der Waals surface area contributed by atoms with Gasteiger partial charge in [-0.3, -0.25) is 14.9 Å². The van der Waals surface area contributed by atoms with E-state index in [0.717, 1.165) is 5.56 Å². The molecule has 1 heterocycles. The van der Waals surface area contributed by atoms with Gasteiger partial charge in [-0.25, -0.2) is 4.39 Å². The molecular formula is C19H14ClFN2O5. The van der Waals surface area contributed by atoms with E-state index >= 15 is 0 Å². The van der Waals surface area contributed by atoms with Crippen LogP contribution in [0.2, 0.25) is 5.02 Å². The molecule has 0 aliphatic heterocycles. The second kappa shape index (κ2) is 8.10. The Hall–Kier alpha value is -3.39. The molecule has 0 fully saturated rings. The van der Waals surface area contributed by atoms with E-state index in [0.29, 0.717) is 5.76 Å². The Labute approximate surface area is 163 Å². The van der Waals surface area contributed by atoms with Gasteiger partial charge in [0.25, 0.3) is 11.6 Å². The lowest BCUT2D eigenvalue weighted by Gasteiger charge is -2.07. The van der Waals surface area contributed by atoms with Crippen molar-refractivity contribution in [3.05, 3.63) is 86.6 Å². The zero-order valence-electron chi connectivity index (χ0n) is 14.6. The normalized spacial score (nSPS) is 10.5. The van der Waals surface area contributed by atoms with Crippen molar-refractivity contribution in [1.29, 1.82) is 0 Å². The fourth-order valence-electron chi connectivity index (χ4n) is 2.37. The van der Waals surface area contributed by atoms with Gasteiger partial charge in [0.1, 0.15) is 23.9 Å². The second-order valence-electron chi connectivity index (χ2n) is 5.86. The van der Waals surface area contributed by atoms with E-state index in [-0.39, 0.29) is 34.5 Å². The van der Waals surface area contributed by atoms with Crippen LogP contribution in [0.1, 0.15) is 21.9 Å². The van der Waals surface area contributed by atoms with Crippen molar-refractivity contribution in [2.24, 2.45) is 0 Å². The number of aryl methyl sites for hydroxylation is 1. The van der Waals surface area contributed by atoms with Gasteiger partial charge in [-0.05, 0) is 42.8 Å². The Morgan fingerprint density at radius 2 is 2.04 bits per heavy atom. The smallest absolute Gasteiger partial charge is 0.291 e. The Balaban J connectivity index is 1.65. The lowest BCUT2D eigenvalue weighted by Crippen LogP contribution is -2.12. The van der Waals surface area contributed by atoms with Crippen LogP contribution < -0.4 is 10.1 Å². The van der Waals surface area contributed by atoms with E-state index in [2.05, 4.69) is 5.32 Å². The molecule has 1 amide bonds. The van der Waals surface area contributed by atoms with Gasteiger partial charge in [-0.15, -0.1) is 0 Å². The van der Waals surface area contributed by atoms with Crippen molar-refractivity contribution in [3.63, 3.8) is 0 Å². The summed E-state index contributed by atoms with van der Waals surface area (Å²) in [7, 11) is 0. The fourth-order valence-corrected chi connectivity index (χ4v) is 2.59. The number of carbonyl (C=O) groups excluding carboxylic acids is 1. The van der Waals surface area contributed by atoms with E-state index in [9.17, 15) is 19.3 Å². The molecule has 0 atom stereocenters. The Bertz CT molecular complexity index is 1050. The molecule has 0 spiro atoms. The van der Waals surface area contributed by atoms with Crippen LogP contribution in [0, 0.1) is 22.9 Å². The van der Waals surface area contributed by atoms with Gasteiger partial charge in [-0.2, -0.15) is 0 Å². The number of halogens is 2. The van der Waals surface area contributed by atoms with Crippen molar-refractivity contribution >= 4 is 28.9 Å². The summed E-state index contributed by atoms with van der Waals surface area (Å²) in [6.07, 6.45) is 0. The van der Waals surface area contributed by atoms with Crippen LogP contribution in [-0.4, -0.2) is 10.8 Å². The van der Waals surface area contributed by atoms with E-state index in [1.807, 2.05) is 0 Å². The molecule has 0 saturated heterocycles. The number of rotatable bonds is 6. The molecule has 9 heteroatoms. The number of hydrogen-bond donors (Lipinski definition) is 1. The Kier molecular flexibility index (Phi) is 5.60. The number of amides is 1. The van der Waals surface area contributed by atoms with Gasteiger partial charge < -0.3 is 14.5 Å². The van der Waals surface area contributed by atoms with Crippen LogP contribution in [0.25, 0.3) is 0 Å². The second-order valence-corrected chi connectivity index (χ2v) is 6.27. The van der Waals surface area contributed by atoms with Gasteiger partial charge in [0.15, 0.2) is 5.76 Å². The fraction of sp³-hybridized carbons (Fsp3) is 0.105. The molecular weight excluding hydrogens is 391 g/mol. The van der Waals surface area contributed by atoms with Crippen molar-refractivity contribution in [2.45, 2.75) is 13.5 Å². The summed E-state index contributed by atoms with van der Waals surface area (Å²) in [6, 6.07) is 11.1. The summed E-state index contributed by atoms with van der Waals surface area (Å²) in [5, 5.41) is 13.2. The molecule has 144 valence electrons. The van der Waals surface area contributed by atoms with Gasteiger partial charge >= 0.3 is 0 Å². The highest BCUT2D eigenvalue weighted by Crippen LogP contribution is 2.29. The molecule has 3 aromatic rings. The molecule has 0 unspecified atom stereocenters. The number of furan rings is 1. The lowest BCUT2D eigenvalue weighted by molar-refractivity contribution is -0.384. The SMILES string of the molecule is Cc1ccc(F)c(NC(=O)c2ccc(COc3ccc([N+](=O)[O-])cc3Cl)o2)c1. The van der Waals surface area contributed by atoms with Gasteiger partial charge in [-0.1, -0.05) is 17.7 Å². The number of nitrogens with zero attached hydrogens (tertiary/aromatic N) is 1. The number of ether oxygens (including phenoxy) is 1. The third kappa shape index (κ3) is 4.47. The van der Waals surface area contributed by atoms with Crippen molar-refractivity contribution in [3.8, 4) is 5.75 Å². The van der Waals surface area contributed by atoms with Crippen molar-refractivity contribution in [2.75, 3.05) is 5.32 Å². The minimum absolute atomic E-state index is 0.0192. The Morgan fingerprint density at radius 3 is 2.75 bits per heavy atom. The number of hydrogen-bond acceptors (Lipinski definition) is 5. The average molecular weight is 405 g/mol. The number of carbonyl (C=O) groups is 1. The molecule has 0 aliphatic carbocycles. The van der Waals surface area contributed by atoms with E-state index in [4.69, 9.17) is 20.8 Å². The minimum atomic E-state index is -0.607. The van der Waals surface area contributed by atoms with E-state index < -0.39 is 16.6 Å². The highest BCUT2D eigenvalue weighted by atomic mass is 35.5. The van der Waals surface area contributed by atoms with Crippen LogP contribution in [0.5, 0.6) is 5.75 Å². The molecule has 1 aromatic heterocycles. The number of nitro groups is 1.